The number of benzene rings is 1. The summed E-state index contributed by atoms with van der Waals surface area (Å²) in [6.45, 7) is 6.46. The van der Waals surface area contributed by atoms with Crippen molar-refractivity contribution in [1.82, 2.24) is 5.32 Å². The second kappa shape index (κ2) is 8.57. The van der Waals surface area contributed by atoms with Crippen molar-refractivity contribution in [3.63, 3.8) is 0 Å². The summed E-state index contributed by atoms with van der Waals surface area (Å²) in [5.74, 6) is 0.439. The summed E-state index contributed by atoms with van der Waals surface area (Å²) in [6.07, 6.45) is 3.34. The highest BCUT2D eigenvalue weighted by atomic mass is 35.5. The van der Waals surface area contributed by atoms with Crippen LogP contribution < -0.4 is 5.32 Å². The molecule has 2 rings (SSSR count). The van der Waals surface area contributed by atoms with Gasteiger partial charge < -0.3 is 5.32 Å². The highest BCUT2D eigenvalue weighted by molar-refractivity contribution is 7.11. The van der Waals surface area contributed by atoms with Crippen molar-refractivity contribution in [2.45, 2.75) is 39.0 Å². The molecule has 0 spiro atoms. The van der Waals surface area contributed by atoms with Gasteiger partial charge in [0.05, 0.1) is 0 Å². The lowest BCUT2D eigenvalue weighted by molar-refractivity contribution is 0.579. The number of aryl methyl sites for hydroxylation is 1. The highest BCUT2D eigenvalue weighted by Crippen LogP contribution is 2.29. The van der Waals surface area contributed by atoms with Gasteiger partial charge in [0.1, 0.15) is 0 Å². The molecule has 21 heavy (non-hydrogen) atoms. The molecule has 0 saturated carbocycles. The molecular weight excluding hydrogens is 298 g/mol. The van der Waals surface area contributed by atoms with Gasteiger partial charge in [-0.05, 0) is 49.6 Å². The van der Waals surface area contributed by atoms with E-state index in [0.717, 1.165) is 37.4 Å². The maximum absolute atomic E-state index is 6.41. The lowest BCUT2D eigenvalue weighted by Gasteiger charge is -2.18. The summed E-state index contributed by atoms with van der Waals surface area (Å²) in [5, 5.41) is 4.43. The van der Waals surface area contributed by atoms with Gasteiger partial charge in [0.25, 0.3) is 0 Å². The minimum atomic E-state index is 0.439. The maximum Gasteiger partial charge on any atom is 0.0441 e. The minimum Gasteiger partial charge on any atom is -0.316 e. The highest BCUT2D eigenvalue weighted by Gasteiger charge is 2.16. The van der Waals surface area contributed by atoms with E-state index < -0.39 is 0 Å². The molecule has 1 aromatic heterocycles. The van der Waals surface area contributed by atoms with E-state index in [1.165, 1.54) is 15.3 Å². The van der Waals surface area contributed by atoms with E-state index >= 15 is 0 Å². The first-order valence-electron chi connectivity index (χ1n) is 7.77. The van der Waals surface area contributed by atoms with Gasteiger partial charge in [-0.15, -0.1) is 11.3 Å². The molecule has 1 atom stereocenters. The van der Waals surface area contributed by atoms with Crippen LogP contribution in [0.1, 0.15) is 41.5 Å². The molecule has 1 heterocycles. The fraction of sp³-hybridized carbons (Fsp3) is 0.444. The average Bonchev–Trinajstić information content (AvgIpc) is 2.95. The fourth-order valence-electron chi connectivity index (χ4n) is 2.52. The van der Waals surface area contributed by atoms with E-state index in [9.17, 15) is 0 Å². The zero-order valence-electron chi connectivity index (χ0n) is 12.9. The molecule has 0 radical (unpaired) electrons. The second-order valence-corrected chi connectivity index (χ2v) is 7.01. The molecule has 0 aliphatic heterocycles. The van der Waals surface area contributed by atoms with E-state index in [2.05, 4.69) is 43.4 Å². The van der Waals surface area contributed by atoms with Crippen LogP contribution in [-0.4, -0.2) is 13.1 Å². The summed E-state index contributed by atoms with van der Waals surface area (Å²) >= 11 is 8.34. The Morgan fingerprint density at radius 3 is 2.52 bits per heavy atom. The van der Waals surface area contributed by atoms with Crippen molar-refractivity contribution in [2.75, 3.05) is 13.1 Å². The van der Waals surface area contributed by atoms with Crippen molar-refractivity contribution in [3.8, 4) is 0 Å². The largest absolute Gasteiger partial charge is 0.316 e. The van der Waals surface area contributed by atoms with Gasteiger partial charge in [0.2, 0.25) is 0 Å². The first-order valence-corrected chi connectivity index (χ1v) is 8.96. The molecule has 0 aliphatic carbocycles. The third-order valence-corrected chi connectivity index (χ3v) is 5.27. The number of halogens is 1. The molecule has 1 unspecified atom stereocenters. The zero-order valence-corrected chi connectivity index (χ0v) is 14.4. The van der Waals surface area contributed by atoms with Gasteiger partial charge in [-0.1, -0.05) is 43.6 Å². The summed E-state index contributed by atoms with van der Waals surface area (Å²) < 4.78 is 0. The average molecular weight is 322 g/mol. The molecule has 3 heteroatoms. The van der Waals surface area contributed by atoms with E-state index in [0.29, 0.717) is 5.92 Å². The standard InChI is InChI=1S/C18H24ClNS/c1-3-11-20-13-14(17-7-5-6-8-18(17)19)12-16-10-9-15(4-2)21-16/h5-10,14,20H,3-4,11-13H2,1-2H3. The minimum absolute atomic E-state index is 0.439. The Balaban J connectivity index is 2.13. The molecule has 1 N–H and O–H groups in total. The molecule has 0 bridgehead atoms. The second-order valence-electron chi connectivity index (χ2n) is 5.35. The van der Waals surface area contributed by atoms with Crippen LogP contribution in [0.2, 0.25) is 5.02 Å². The number of hydrogen-bond acceptors (Lipinski definition) is 2. The predicted molar refractivity (Wildman–Crippen MR) is 94.8 cm³/mol. The lowest BCUT2D eigenvalue weighted by atomic mass is 9.94. The number of thiophene rings is 1. The normalized spacial score (nSPS) is 12.5. The quantitative estimate of drug-likeness (QED) is 0.651. The zero-order chi connectivity index (χ0) is 15.1. The Hall–Kier alpha value is -0.830. The molecule has 1 nitrogen and oxygen atoms in total. The summed E-state index contributed by atoms with van der Waals surface area (Å²) in [7, 11) is 0. The van der Waals surface area contributed by atoms with Gasteiger partial charge in [0.15, 0.2) is 0 Å². The van der Waals surface area contributed by atoms with Crippen molar-refractivity contribution < 1.29 is 0 Å². The first-order chi connectivity index (χ1) is 10.2. The Kier molecular flexibility index (Phi) is 6.75. The van der Waals surface area contributed by atoms with Crippen LogP contribution in [0.4, 0.5) is 0 Å². The number of hydrogen-bond donors (Lipinski definition) is 1. The van der Waals surface area contributed by atoms with E-state index in [-0.39, 0.29) is 0 Å². The monoisotopic (exact) mass is 321 g/mol. The Bertz CT molecular complexity index is 550. The van der Waals surface area contributed by atoms with Crippen molar-refractivity contribution >= 4 is 22.9 Å². The van der Waals surface area contributed by atoms with Crippen LogP contribution in [-0.2, 0) is 12.8 Å². The van der Waals surface area contributed by atoms with Gasteiger partial charge in [0, 0.05) is 27.2 Å². The fourth-order valence-corrected chi connectivity index (χ4v) is 3.84. The van der Waals surface area contributed by atoms with Crippen molar-refractivity contribution in [3.05, 3.63) is 56.7 Å². The summed E-state index contributed by atoms with van der Waals surface area (Å²) in [4.78, 5) is 2.92. The van der Waals surface area contributed by atoms with E-state index in [1.54, 1.807) is 0 Å². The Morgan fingerprint density at radius 1 is 1.10 bits per heavy atom. The van der Waals surface area contributed by atoms with Gasteiger partial charge in [-0.3, -0.25) is 0 Å². The molecule has 0 fully saturated rings. The number of rotatable bonds is 8. The van der Waals surface area contributed by atoms with E-state index in [1.807, 2.05) is 23.5 Å². The van der Waals surface area contributed by atoms with Crippen molar-refractivity contribution in [2.24, 2.45) is 0 Å². The van der Waals surface area contributed by atoms with E-state index in [4.69, 9.17) is 11.6 Å². The first kappa shape index (κ1) is 16.5. The molecule has 1 aromatic carbocycles. The van der Waals surface area contributed by atoms with Crippen LogP contribution in [0.25, 0.3) is 0 Å². The Morgan fingerprint density at radius 2 is 1.86 bits per heavy atom. The smallest absolute Gasteiger partial charge is 0.0441 e. The molecule has 0 aliphatic rings. The van der Waals surface area contributed by atoms with Crippen LogP contribution in [0.15, 0.2) is 36.4 Å². The SMILES string of the molecule is CCCNCC(Cc1ccc(CC)s1)c1ccccc1Cl. The molecule has 0 saturated heterocycles. The topological polar surface area (TPSA) is 12.0 Å². The molecule has 114 valence electrons. The van der Waals surface area contributed by atoms with Crippen LogP contribution >= 0.6 is 22.9 Å². The van der Waals surface area contributed by atoms with Crippen LogP contribution in [0.5, 0.6) is 0 Å². The molecule has 2 aromatic rings. The van der Waals surface area contributed by atoms with Gasteiger partial charge >= 0.3 is 0 Å². The summed E-state index contributed by atoms with van der Waals surface area (Å²) in [6, 6.07) is 12.8. The Labute approximate surface area is 137 Å². The van der Waals surface area contributed by atoms with Crippen LogP contribution in [0, 0.1) is 0 Å². The van der Waals surface area contributed by atoms with Gasteiger partial charge in [-0.2, -0.15) is 0 Å². The number of nitrogens with one attached hydrogen (secondary N) is 1. The lowest BCUT2D eigenvalue weighted by Crippen LogP contribution is -2.23. The third-order valence-electron chi connectivity index (χ3n) is 3.68. The summed E-state index contributed by atoms with van der Waals surface area (Å²) in [5.41, 5.74) is 1.26. The molecular formula is C18H24ClNS. The van der Waals surface area contributed by atoms with Gasteiger partial charge in [-0.25, -0.2) is 0 Å². The maximum atomic E-state index is 6.41. The van der Waals surface area contributed by atoms with Crippen molar-refractivity contribution in [1.29, 1.82) is 0 Å². The third kappa shape index (κ3) is 4.84. The molecule has 0 amide bonds. The van der Waals surface area contributed by atoms with Crippen LogP contribution in [0.3, 0.4) is 0 Å². The predicted octanol–water partition coefficient (Wildman–Crippen LogP) is 5.29.